The van der Waals surface area contributed by atoms with Gasteiger partial charge in [0.1, 0.15) is 18.2 Å². The minimum absolute atomic E-state index is 0.0268. The van der Waals surface area contributed by atoms with E-state index in [-0.39, 0.29) is 17.8 Å². The Kier molecular flexibility index (Phi) is 6.23. The number of aromatic nitrogens is 1. The maximum atomic E-state index is 13.1. The number of aryl methyl sites for hydroxylation is 1. The molecule has 4 rings (SSSR count). The second kappa shape index (κ2) is 9.22. The standard InChI is InChI=1S/C24H23FN2O2S/c1-17-26-21(16-30-17)15-29-23-11-4-18(5-12-23)6-13-24(28)27(22-9-10-22)14-19-2-7-20(25)8-3-19/h2-8,11-13,16,22H,9-10,14-15H2,1H3/b13-6+. The molecule has 154 valence electrons. The zero-order valence-electron chi connectivity index (χ0n) is 16.8. The third kappa shape index (κ3) is 5.54. The molecule has 0 atom stereocenters. The maximum absolute atomic E-state index is 13.1. The number of nitrogens with zero attached hydrogens (tertiary/aromatic N) is 2. The fourth-order valence-electron chi connectivity index (χ4n) is 3.13. The van der Waals surface area contributed by atoms with Gasteiger partial charge >= 0.3 is 0 Å². The predicted molar refractivity (Wildman–Crippen MR) is 117 cm³/mol. The fraction of sp³-hybridized carbons (Fsp3) is 0.250. The van der Waals surface area contributed by atoms with E-state index in [1.165, 1.54) is 12.1 Å². The average Bonchev–Trinajstić information content (AvgIpc) is 3.51. The van der Waals surface area contributed by atoms with E-state index in [2.05, 4.69) is 4.98 Å². The lowest BCUT2D eigenvalue weighted by Crippen LogP contribution is -2.31. The molecule has 0 bridgehead atoms. The van der Waals surface area contributed by atoms with Crippen LogP contribution in [0.3, 0.4) is 0 Å². The van der Waals surface area contributed by atoms with E-state index in [0.29, 0.717) is 13.2 Å². The molecule has 0 N–H and O–H groups in total. The topological polar surface area (TPSA) is 42.4 Å². The number of hydrogen-bond donors (Lipinski definition) is 0. The lowest BCUT2D eigenvalue weighted by Gasteiger charge is -2.21. The molecule has 1 fully saturated rings. The van der Waals surface area contributed by atoms with Gasteiger partial charge in [-0.1, -0.05) is 24.3 Å². The molecule has 1 amide bonds. The van der Waals surface area contributed by atoms with Crippen LogP contribution in [0.25, 0.3) is 6.08 Å². The van der Waals surface area contributed by atoms with Crippen LogP contribution in [0, 0.1) is 12.7 Å². The van der Waals surface area contributed by atoms with Crippen molar-refractivity contribution in [2.45, 2.75) is 39.0 Å². The highest BCUT2D eigenvalue weighted by atomic mass is 32.1. The molecule has 1 aliphatic carbocycles. The monoisotopic (exact) mass is 422 g/mol. The summed E-state index contributed by atoms with van der Waals surface area (Å²) in [6.45, 7) is 2.91. The van der Waals surface area contributed by atoms with Gasteiger partial charge in [0.25, 0.3) is 0 Å². The molecule has 1 saturated carbocycles. The van der Waals surface area contributed by atoms with Crippen LogP contribution in [0.5, 0.6) is 5.75 Å². The SMILES string of the molecule is Cc1nc(COc2ccc(/C=C/C(=O)N(Cc3ccc(F)cc3)C3CC3)cc2)cs1. The lowest BCUT2D eigenvalue weighted by molar-refractivity contribution is -0.127. The highest BCUT2D eigenvalue weighted by Crippen LogP contribution is 2.29. The van der Waals surface area contributed by atoms with Crippen LogP contribution in [0.1, 0.15) is 34.7 Å². The molecular formula is C24H23FN2O2S. The first-order valence-corrected chi connectivity index (χ1v) is 10.8. The normalized spacial score (nSPS) is 13.5. The summed E-state index contributed by atoms with van der Waals surface area (Å²) in [5, 5.41) is 3.02. The second-order valence-corrected chi connectivity index (χ2v) is 8.43. The number of carbonyl (C=O) groups excluding carboxylic acids is 1. The molecular weight excluding hydrogens is 399 g/mol. The Labute approximate surface area is 179 Å². The molecule has 3 aromatic rings. The van der Waals surface area contributed by atoms with Crippen molar-refractivity contribution in [3.05, 3.63) is 87.6 Å². The number of thiazole rings is 1. The average molecular weight is 423 g/mol. The molecule has 1 aliphatic rings. The zero-order valence-corrected chi connectivity index (χ0v) is 17.6. The van der Waals surface area contributed by atoms with Crippen LogP contribution in [-0.4, -0.2) is 21.8 Å². The number of amides is 1. The number of hydrogen-bond acceptors (Lipinski definition) is 4. The van der Waals surface area contributed by atoms with Gasteiger partial charge in [0.05, 0.1) is 10.7 Å². The number of ether oxygens (including phenoxy) is 1. The van der Waals surface area contributed by atoms with Gasteiger partial charge in [-0.15, -0.1) is 11.3 Å². The molecule has 1 aromatic heterocycles. The molecule has 1 heterocycles. The van der Waals surface area contributed by atoms with Gasteiger partial charge in [-0.3, -0.25) is 4.79 Å². The predicted octanol–water partition coefficient (Wildman–Crippen LogP) is 5.37. The fourth-order valence-corrected chi connectivity index (χ4v) is 3.73. The van der Waals surface area contributed by atoms with Gasteiger partial charge in [-0.05, 0) is 61.2 Å². The Morgan fingerprint density at radius 1 is 1.20 bits per heavy atom. The number of halogens is 1. The summed E-state index contributed by atoms with van der Waals surface area (Å²) >= 11 is 1.61. The third-order valence-electron chi connectivity index (χ3n) is 4.89. The largest absolute Gasteiger partial charge is 0.487 e. The van der Waals surface area contributed by atoms with Crippen LogP contribution in [0.15, 0.2) is 60.0 Å². The first-order valence-electron chi connectivity index (χ1n) is 9.94. The Hall–Kier alpha value is -2.99. The van der Waals surface area contributed by atoms with Crippen molar-refractivity contribution in [2.75, 3.05) is 0 Å². The molecule has 0 unspecified atom stereocenters. The molecule has 0 aliphatic heterocycles. The van der Waals surface area contributed by atoms with Crippen molar-refractivity contribution in [1.29, 1.82) is 0 Å². The van der Waals surface area contributed by atoms with E-state index in [1.807, 2.05) is 47.5 Å². The van der Waals surface area contributed by atoms with Gasteiger partial charge < -0.3 is 9.64 Å². The molecule has 2 aromatic carbocycles. The second-order valence-electron chi connectivity index (χ2n) is 7.37. The van der Waals surface area contributed by atoms with E-state index in [9.17, 15) is 9.18 Å². The Bertz CT molecular complexity index is 1020. The third-order valence-corrected chi connectivity index (χ3v) is 5.71. The van der Waals surface area contributed by atoms with Gasteiger partial charge in [-0.2, -0.15) is 0 Å². The number of benzene rings is 2. The van der Waals surface area contributed by atoms with Crippen molar-refractivity contribution < 1.29 is 13.9 Å². The molecule has 0 radical (unpaired) electrons. The Balaban J connectivity index is 1.34. The van der Waals surface area contributed by atoms with Crippen molar-refractivity contribution >= 4 is 23.3 Å². The minimum Gasteiger partial charge on any atom is -0.487 e. The lowest BCUT2D eigenvalue weighted by atomic mass is 10.2. The first-order chi connectivity index (χ1) is 14.6. The molecule has 30 heavy (non-hydrogen) atoms. The Morgan fingerprint density at radius 3 is 2.57 bits per heavy atom. The van der Waals surface area contributed by atoms with Gasteiger partial charge in [0, 0.05) is 24.0 Å². The minimum atomic E-state index is -0.267. The summed E-state index contributed by atoms with van der Waals surface area (Å²) in [5.41, 5.74) is 2.79. The smallest absolute Gasteiger partial charge is 0.247 e. The van der Waals surface area contributed by atoms with Crippen LogP contribution < -0.4 is 4.74 Å². The van der Waals surface area contributed by atoms with Gasteiger partial charge in [0.15, 0.2) is 0 Å². The number of rotatable bonds is 8. The van der Waals surface area contributed by atoms with E-state index in [0.717, 1.165) is 40.4 Å². The van der Waals surface area contributed by atoms with E-state index >= 15 is 0 Å². The summed E-state index contributed by atoms with van der Waals surface area (Å²) < 4.78 is 18.9. The number of carbonyl (C=O) groups is 1. The summed E-state index contributed by atoms with van der Waals surface area (Å²) in [5.74, 6) is 0.471. The quantitative estimate of drug-likeness (QED) is 0.458. The van der Waals surface area contributed by atoms with E-state index in [4.69, 9.17) is 4.74 Å². The van der Waals surface area contributed by atoms with Crippen molar-refractivity contribution in [3.63, 3.8) is 0 Å². The van der Waals surface area contributed by atoms with Crippen molar-refractivity contribution in [2.24, 2.45) is 0 Å². The summed E-state index contributed by atoms with van der Waals surface area (Å²) in [7, 11) is 0. The summed E-state index contributed by atoms with van der Waals surface area (Å²) in [4.78, 5) is 19.0. The Morgan fingerprint density at radius 2 is 1.93 bits per heavy atom. The highest BCUT2D eigenvalue weighted by Gasteiger charge is 2.31. The van der Waals surface area contributed by atoms with Gasteiger partial charge in [-0.25, -0.2) is 9.37 Å². The van der Waals surface area contributed by atoms with Crippen LogP contribution >= 0.6 is 11.3 Å². The first kappa shape index (κ1) is 20.3. The van der Waals surface area contributed by atoms with E-state index in [1.54, 1.807) is 29.5 Å². The van der Waals surface area contributed by atoms with Crippen molar-refractivity contribution in [3.8, 4) is 5.75 Å². The summed E-state index contributed by atoms with van der Waals surface area (Å²) in [6, 6.07) is 14.2. The van der Waals surface area contributed by atoms with Crippen molar-refractivity contribution in [1.82, 2.24) is 9.88 Å². The highest BCUT2D eigenvalue weighted by molar-refractivity contribution is 7.09. The zero-order chi connectivity index (χ0) is 20.9. The van der Waals surface area contributed by atoms with Crippen LogP contribution in [0.4, 0.5) is 4.39 Å². The molecule has 0 spiro atoms. The molecule has 0 saturated heterocycles. The van der Waals surface area contributed by atoms with Crippen LogP contribution in [0.2, 0.25) is 0 Å². The van der Waals surface area contributed by atoms with Crippen LogP contribution in [-0.2, 0) is 17.9 Å². The van der Waals surface area contributed by atoms with E-state index < -0.39 is 0 Å². The molecule has 6 heteroatoms. The maximum Gasteiger partial charge on any atom is 0.247 e. The summed E-state index contributed by atoms with van der Waals surface area (Å²) in [6.07, 6.45) is 5.46. The molecule has 4 nitrogen and oxygen atoms in total. The van der Waals surface area contributed by atoms with Gasteiger partial charge in [0.2, 0.25) is 5.91 Å².